The molecule has 1 aromatic rings. The molecule has 2 nitrogen and oxygen atoms in total. The van der Waals surface area contributed by atoms with E-state index in [0.29, 0.717) is 0 Å². The maximum absolute atomic E-state index is 12.2. The molecule has 1 unspecified atom stereocenters. The lowest BCUT2D eigenvalue weighted by Gasteiger charge is -2.18. The molecule has 6 heteroatoms. The van der Waals surface area contributed by atoms with E-state index in [9.17, 15) is 13.2 Å². The molecule has 0 bridgehead atoms. The fourth-order valence-electron chi connectivity index (χ4n) is 1.13. The van der Waals surface area contributed by atoms with Crippen LogP contribution in [0.4, 0.5) is 13.2 Å². The van der Waals surface area contributed by atoms with Crippen LogP contribution >= 0.6 is 11.6 Å². The largest absolute Gasteiger partial charge is 0.495 e. The summed E-state index contributed by atoms with van der Waals surface area (Å²) in [4.78, 5) is 0. The summed E-state index contributed by atoms with van der Waals surface area (Å²) in [5.74, 6) is -0.163. The number of hydrogen-bond acceptors (Lipinski definition) is 2. The van der Waals surface area contributed by atoms with Gasteiger partial charge in [0.15, 0.2) is 6.10 Å². The van der Waals surface area contributed by atoms with Crippen LogP contribution < -0.4 is 4.74 Å². The van der Waals surface area contributed by atoms with Gasteiger partial charge in [0, 0.05) is 5.56 Å². The molecule has 0 aliphatic heterocycles. The van der Waals surface area contributed by atoms with Crippen molar-refractivity contribution in [3.63, 3.8) is 0 Å². The molecule has 0 saturated heterocycles. The summed E-state index contributed by atoms with van der Waals surface area (Å²) < 4.78 is 41.4. The van der Waals surface area contributed by atoms with Crippen molar-refractivity contribution in [2.45, 2.75) is 12.3 Å². The summed E-state index contributed by atoms with van der Waals surface area (Å²) in [5, 5.41) is 9.06. The minimum Gasteiger partial charge on any atom is -0.495 e. The highest BCUT2D eigenvalue weighted by molar-refractivity contribution is 6.32. The van der Waals surface area contributed by atoms with Gasteiger partial charge in [-0.15, -0.1) is 0 Å². The molecule has 0 radical (unpaired) electrons. The Morgan fingerprint density at radius 2 is 2.00 bits per heavy atom. The van der Waals surface area contributed by atoms with Gasteiger partial charge in [0.25, 0.3) is 0 Å². The van der Waals surface area contributed by atoms with E-state index in [1.54, 1.807) is 0 Å². The highest BCUT2D eigenvalue weighted by Crippen LogP contribution is 2.39. The molecule has 0 saturated carbocycles. The first kappa shape index (κ1) is 12.1. The van der Waals surface area contributed by atoms with Crippen LogP contribution in [0.15, 0.2) is 18.2 Å². The fraction of sp³-hybridized carbons (Fsp3) is 0.333. The van der Waals surface area contributed by atoms with Gasteiger partial charge in [-0.3, -0.25) is 0 Å². The van der Waals surface area contributed by atoms with E-state index in [4.69, 9.17) is 21.4 Å². The number of alkyl halides is 3. The van der Waals surface area contributed by atoms with Crippen LogP contribution in [0.3, 0.4) is 0 Å². The van der Waals surface area contributed by atoms with Gasteiger partial charge in [0.2, 0.25) is 0 Å². The van der Waals surface area contributed by atoms with Crippen molar-refractivity contribution >= 4 is 11.6 Å². The predicted octanol–water partition coefficient (Wildman–Crippen LogP) is 2.94. The molecule has 0 amide bonds. The Balaban J connectivity index is 3.20. The van der Waals surface area contributed by atoms with Crippen molar-refractivity contribution in [1.82, 2.24) is 0 Å². The van der Waals surface area contributed by atoms with E-state index in [-0.39, 0.29) is 10.8 Å². The van der Waals surface area contributed by atoms with E-state index in [1.165, 1.54) is 19.2 Å². The molecule has 15 heavy (non-hydrogen) atoms. The molecule has 1 rings (SSSR count). The second kappa shape index (κ2) is 4.28. The van der Waals surface area contributed by atoms with Crippen LogP contribution in [0.5, 0.6) is 5.75 Å². The number of hydrogen-bond donors (Lipinski definition) is 1. The Hall–Kier alpha value is -0.940. The lowest BCUT2D eigenvalue weighted by molar-refractivity contribution is -0.207. The van der Waals surface area contributed by atoms with Crippen molar-refractivity contribution in [2.75, 3.05) is 7.11 Å². The van der Waals surface area contributed by atoms with Crippen LogP contribution in [0.25, 0.3) is 0 Å². The molecule has 0 heterocycles. The average molecular weight is 241 g/mol. The third kappa shape index (κ3) is 2.54. The zero-order chi connectivity index (χ0) is 11.6. The predicted molar refractivity (Wildman–Crippen MR) is 49.0 cm³/mol. The topological polar surface area (TPSA) is 29.5 Å². The molecular weight excluding hydrogens is 233 g/mol. The molecule has 1 N–H and O–H groups in total. The molecule has 0 spiro atoms. The van der Waals surface area contributed by atoms with Gasteiger partial charge >= 0.3 is 6.18 Å². The SMILES string of the molecule is COc1c(Cl)cccc1C(O)C(F)(F)F. The Labute approximate surface area is 89.2 Å². The molecule has 0 aliphatic carbocycles. The summed E-state index contributed by atoms with van der Waals surface area (Å²) >= 11 is 5.62. The molecule has 0 aromatic heterocycles. The van der Waals surface area contributed by atoms with Crippen molar-refractivity contribution in [1.29, 1.82) is 0 Å². The van der Waals surface area contributed by atoms with Gasteiger partial charge < -0.3 is 9.84 Å². The first-order chi connectivity index (χ1) is 6.88. The number of rotatable bonds is 2. The number of aliphatic hydroxyl groups excluding tert-OH is 1. The standard InChI is InChI=1S/C9H8ClF3O2/c1-15-7-5(3-2-4-6(7)10)8(14)9(11,12)13/h2-4,8,14H,1H3. The average Bonchev–Trinajstić information content (AvgIpc) is 2.14. The van der Waals surface area contributed by atoms with Gasteiger partial charge in [-0.05, 0) is 6.07 Å². The molecular formula is C9H8ClF3O2. The molecule has 0 aliphatic rings. The minimum atomic E-state index is -4.74. The first-order valence-corrected chi connectivity index (χ1v) is 4.33. The fourth-order valence-corrected chi connectivity index (χ4v) is 1.39. The third-order valence-electron chi connectivity index (χ3n) is 1.81. The van der Waals surface area contributed by atoms with Gasteiger partial charge in [0.05, 0.1) is 12.1 Å². The summed E-state index contributed by atoms with van der Waals surface area (Å²) in [6.45, 7) is 0. The molecule has 1 atom stereocenters. The van der Waals surface area contributed by atoms with E-state index < -0.39 is 17.8 Å². The van der Waals surface area contributed by atoms with Crippen molar-refractivity contribution in [3.05, 3.63) is 28.8 Å². The summed E-state index contributed by atoms with van der Waals surface area (Å²) in [6, 6.07) is 3.81. The highest BCUT2D eigenvalue weighted by Gasteiger charge is 2.41. The number of ether oxygens (including phenoxy) is 1. The zero-order valence-corrected chi connectivity index (χ0v) is 8.43. The Bertz CT molecular complexity index is 352. The smallest absolute Gasteiger partial charge is 0.418 e. The van der Waals surface area contributed by atoms with E-state index in [2.05, 4.69) is 0 Å². The van der Waals surface area contributed by atoms with Crippen molar-refractivity contribution in [3.8, 4) is 5.75 Å². The van der Waals surface area contributed by atoms with Crippen LogP contribution in [0.2, 0.25) is 5.02 Å². The number of aliphatic hydroxyl groups is 1. The summed E-state index contributed by atoms with van der Waals surface area (Å²) in [6.07, 6.45) is -7.33. The summed E-state index contributed by atoms with van der Waals surface area (Å²) in [5.41, 5.74) is -0.391. The minimum absolute atomic E-state index is 0.0262. The molecule has 0 fully saturated rings. The number of benzene rings is 1. The first-order valence-electron chi connectivity index (χ1n) is 3.95. The normalized spacial score (nSPS) is 13.7. The van der Waals surface area contributed by atoms with Gasteiger partial charge in [-0.2, -0.15) is 13.2 Å². The van der Waals surface area contributed by atoms with Crippen molar-refractivity contribution in [2.24, 2.45) is 0 Å². The lowest BCUT2D eigenvalue weighted by Crippen LogP contribution is -2.20. The number of methoxy groups -OCH3 is 1. The van der Waals surface area contributed by atoms with Crippen LogP contribution in [-0.2, 0) is 0 Å². The molecule has 1 aromatic carbocycles. The monoisotopic (exact) mass is 240 g/mol. The van der Waals surface area contributed by atoms with Crippen LogP contribution in [-0.4, -0.2) is 18.4 Å². The number of halogens is 4. The zero-order valence-electron chi connectivity index (χ0n) is 7.68. The van der Waals surface area contributed by atoms with Crippen LogP contribution in [0, 0.1) is 0 Å². The highest BCUT2D eigenvalue weighted by atomic mass is 35.5. The van der Waals surface area contributed by atoms with E-state index in [1.807, 2.05) is 0 Å². The second-order valence-electron chi connectivity index (χ2n) is 2.81. The lowest BCUT2D eigenvalue weighted by atomic mass is 10.1. The number of para-hydroxylation sites is 1. The van der Waals surface area contributed by atoms with E-state index in [0.717, 1.165) is 6.07 Å². The van der Waals surface area contributed by atoms with Crippen LogP contribution in [0.1, 0.15) is 11.7 Å². The van der Waals surface area contributed by atoms with Crippen molar-refractivity contribution < 1.29 is 23.0 Å². The Kier molecular flexibility index (Phi) is 3.46. The Morgan fingerprint density at radius 1 is 1.40 bits per heavy atom. The second-order valence-corrected chi connectivity index (χ2v) is 3.21. The van der Waals surface area contributed by atoms with Gasteiger partial charge in [-0.1, -0.05) is 23.7 Å². The maximum Gasteiger partial charge on any atom is 0.418 e. The Morgan fingerprint density at radius 3 is 2.47 bits per heavy atom. The summed E-state index contributed by atoms with van der Waals surface area (Å²) in [7, 11) is 1.19. The van der Waals surface area contributed by atoms with E-state index >= 15 is 0 Å². The maximum atomic E-state index is 12.2. The quantitative estimate of drug-likeness (QED) is 0.861. The third-order valence-corrected chi connectivity index (χ3v) is 2.10. The van der Waals surface area contributed by atoms with Gasteiger partial charge in [0.1, 0.15) is 5.75 Å². The molecule has 84 valence electrons. The van der Waals surface area contributed by atoms with Gasteiger partial charge in [-0.25, -0.2) is 0 Å².